The SMILES string of the molecule is CCOC(=O)c1cn(CC)c2ccc(N=C(c3ccccc3)c3ccccc3)cc2c1=O. The molecule has 1 heterocycles. The highest BCUT2D eigenvalue weighted by atomic mass is 16.5. The van der Waals surface area contributed by atoms with E-state index < -0.39 is 5.97 Å². The fourth-order valence-electron chi connectivity index (χ4n) is 3.69. The molecular formula is C27H24N2O3. The summed E-state index contributed by atoms with van der Waals surface area (Å²) >= 11 is 0. The van der Waals surface area contributed by atoms with Crippen LogP contribution in [0.25, 0.3) is 10.9 Å². The number of benzene rings is 3. The van der Waals surface area contributed by atoms with E-state index in [-0.39, 0.29) is 17.6 Å². The van der Waals surface area contributed by atoms with Crippen molar-refractivity contribution in [1.82, 2.24) is 4.57 Å². The monoisotopic (exact) mass is 424 g/mol. The fraction of sp³-hybridized carbons (Fsp3) is 0.148. The van der Waals surface area contributed by atoms with Crippen LogP contribution in [0.5, 0.6) is 0 Å². The topological polar surface area (TPSA) is 60.7 Å². The predicted octanol–water partition coefficient (Wildman–Crippen LogP) is 5.37. The van der Waals surface area contributed by atoms with Gasteiger partial charge < -0.3 is 9.30 Å². The number of nitrogens with zero attached hydrogens (tertiary/aromatic N) is 2. The van der Waals surface area contributed by atoms with Gasteiger partial charge in [-0.3, -0.25) is 4.79 Å². The number of fused-ring (bicyclic) bond motifs is 1. The Morgan fingerprint density at radius 3 is 2.09 bits per heavy atom. The van der Waals surface area contributed by atoms with Crippen LogP contribution in [0.4, 0.5) is 5.69 Å². The number of hydrogen-bond acceptors (Lipinski definition) is 4. The van der Waals surface area contributed by atoms with E-state index in [1.54, 1.807) is 19.2 Å². The van der Waals surface area contributed by atoms with Gasteiger partial charge in [0.15, 0.2) is 0 Å². The molecule has 0 N–H and O–H groups in total. The van der Waals surface area contributed by atoms with Gasteiger partial charge in [0, 0.05) is 29.3 Å². The molecule has 0 aliphatic carbocycles. The Morgan fingerprint density at radius 2 is 1.53 bits per heavy atom. The second-order valence-electron chi connectivity index (χ2n) is 7.27. The van der Waals surface area contributed by atoms with Crippen LogP contribution in [0.2, 0.25) is 0 Å². The summed E-state index contributed by atoms with van der Waals surface area (Å²) in [5.41, 5.74) is 3.85. The Labute approximate surface area is 186 Å². The zero-order valence-electron chi connectivity index (χ0n) is 18.1. The van der Waals surface area contributed by atoms with Crippen molar-refractivity contribution in [3.63, 3.8) is 0 Å². The zero-order valence-corrected chi connectivity index (χ0v) is 18.1. The number of aromatic nitrogens is 1. The van der Waals surface area contributed by atoms with Gasteiger partial charge >= 0.3 is 5.97 Å². The van der Waals surface area contributed by atoms with E-state index in [1.165, 1.54) is 0 Å². The first kappa shape index (κ1) is 21.2. The van der Waals surface area contributed by atoms with Crippen molar-refractivity contribution in [2.45, 2.75) is 20.4 Å². The van der Waals surface area contributed by atoms with Crippen LogP contribution >= 0.6 is 0 Å². The number of pyridine rings is 1. The van der Waals surface area contributed by atoms with Gasteiger partial charge in [-0.25, -0.2) is 9.79 Å². The number of carbonyl (C=O) groups excluding carboxylic acids is 1. The van der Waals surface area contributed by atoms with E-state index in [1.807, 2.05) is 84.3 Å². The standard InChI is InChI=1S/C27H24N2O3/c1-3-29-18-23(27(31)32-4-2)26(30)22-17-21(15-16-24(22)29)28-25(19-11-7-5-8-12-19)20-13-9-6-10-14-20/h5-18H,3-4H2,1-2H3. The summed E-state index contributed by atoms with van der Waals surface area (Å²) in [7, 11) is 0. The lowest BCUT2D eigenvalue weighted by Crippen LogP contribution is -2.20. The number of aliphatic imine (C=N–C) groups is 1. The van der Waals surface area contributed by atoms with Crippen LogP contribution in [0.1, 0.15) is 35.3 Å². The maximum Gasteiger partial charge on any atom is 0.343 e. The van der Waals surface area contributed by atoms with Gasteiger partial charge in [-0.15, -0.1) is 0 Å². The molecular weight excluding hydrogens is 400 g/mol. The summed E-state index contributed by atoms with van der Waals surface area (Å²) in [5.74, 6) is -0.607. The number of rotatable bonds is 6. The van der Waals surface area contributed by atoms with Gasteiger partial charge in [-0.1, -0.05) is 60.7 Å². The Balaban J connectivity index is 1.92. The van der Waals surface area contributed by atoms with Crippen LogP contribution < -0.4 is 5.43 Å². The van der Waals surface area contributed by atoms with Gasteiger partial charge in [0.1, 0.15) is 5.56 Å². The van der Waals surface area contributed by atoms with Crippen molar-refractivity contribution in [1.29, 1.82) is 0 Å². The first-order valence-corrected chi connectivity index (χ1v) is 10.7. The predicted molar refractivity (Wildman–Crippen MR) is 128 cm³/mol. The number of carbonyl (C=O) groups is 1. The molecule has 1 aromatic heterocycles. The molecule has 0 bridgehead atoms. The molecule has 0 spiro atoms. The zero-order chi connectivity index (χ0) is 22.5. The Hall–Kier alpha value is -3.99. The normalized spacial score (nSPS) is 10.7. The molecule has 0 aliphatic heterocycles. The van der Waals surface area contributed by atoms with Crippen LogP contribution in [0.15, 0.2) is 94.8 Å². The average Bonchev–Trinajstić information content (AvgIpc) is 2.84. The van der Waals surface area contributed by atoms with Crippen molar-refractivity contribution >= 4 is 28.3 Å². The van der Waals surface area contributed by atoms with Gasteiger partial charge in [-0.2, -0.15) is 0 Å². The summed E-state index contributed by atoms with van der Waals surface area (Å²) in [6.45, 7) is 4.52. The fourth-order valence-corrected chi connectivity index (χ4v) is 3.69. The molecule has 3 aromatic carbocycles. The van der Waals surface area contributed by atoms with Crippen molar-refractivity contribution in [3.05, 3.63) is 112 Å². The highest BCUT2D eigenvalue weighted by Crippen LogP contribution is 2.23. The highest BCUT2D eigenvalue weighted by Gasteiger charge is 2.17. The summed E-state index contributed by atoms with van der Waals surface area (Å²) < 4.78 is 6.97. The third-order valence-electron chi connectivity index (χ3n) is 5.24. The van der Waals surface area contributed by atoms with Crippen LogP contribution in [-0.2, 0) is 11.3 Å². The van der Waals surface area contributed by atoms with Crippen LogP contribution in [0.3, 0.4) is 0 Å². The van der Waals surface area contributed by atoms with E-state index in [9.17, 15) is 9.59 Å². The second-order valence-corrected chi connectivity index (χ2v) is 7.27. The Bertz CT molecular complexity index is 1300. The van der Waals surface area contributed by atoms with Gasteiger partial charge in [0.2, 0.25) is 5.43 Å². The van der Waals surface area contributed by atoms with E-state index >= 15 is 0 Å². The lowest BCUT2D eigenvalue weighted by Gasteiger charge is -2.12. The molecule has 32 heavy (non-hydrogen) atoms. The summed E-state index contributed by atoms with van der Waals surface area (Å²) in [6.07, 6.45) is 1.57. The molecule has 4 aromatic rings. The molecule has 160 valence electrons. The lowest BCUT2D eigenvalue weighted by atomic mass is 10.0. The number of esters is 1. The quantitative estimate of drug-likeness (QED) is 0.309. The number of ether oxygens (including phenoxy) is 1. The van der Waals surface area contributed by atoms with Gasteiger partial charge in [0.05, 0.1) is 23.5 Å². The highest BCUT2D eigenvalue weighted by molar-refractivity contribution is 6.14. The van der Waals surface area contributed by atoms with Crippen molar-refractivity contribution in [3.8, 4) is 0 Å². The third-order valence-corrected chi connectivity index (χ3v) is 5.24. The minimum absolute atomic E-state index is 0.0358. The van der Waals surface area contributed by atoms with Crippen LogP contribution in [0, 0.1) is 0 Å². The minimum Gasteiger partial charge on any atom is -0.462 e. The molecule has 5 heteroatoms. The summed E-state index contributed by atoms with van der Waals surface area (Å²) in [5, 5.41) is 0.444. The van der Waals surface area contributed by atoms with E-state index in [2.05, 4.69) is 0 Å². The molecule has 0 fully saturated rings. The van der Waals surface area contributed by atoms with Crippen molar-refractivity contribution in [2.24, 2.45) is 4.99 Å². The smallest absolute Gasteiger partial charge is 0.343 e. The van der Waals surface area contributed by atoms with Crippen molar-refractivity contribution < 1.29 is 9.53 Å². The molecule has 0 saturated heterocycles. The Kier molecular flexibility index (Phi) is 6.26. The van der Waals surface area contributed by atoms with Gasteiger partial charge in [0.25, 0.3) is 0 Å². The first-order valence-electron chi connectivity index (χ1n) is 10.7. The van der Waals surface area contributed by atoms with E-state index in [4.69, 9.17) is 9.73 Å². The maximum atomic E-state index is 13.1. The van der Waals surface area contributed by atoms with E-state index in [0.717, 1.165) is 22.4 Å². The van der Waals surface area contributed by atoms with E-state index in [0.29, 0.717) is 17.6 Å². The molecule has 4 rings (SSSR count). The molecule has 0 amide bonds. The largest absolute Gasteiger partial charge is 0.462 e. The number of hydrogen-bond donors (Lipinski definition) is 0. The summed E-state index contributed by atoms with van der Waals surface area (Å²) in [6, 6.07) is 25.4. The number of aryl methyl sites for hydroxylation is 1. The molecule has 0 atom stereocenters. The van der Waals surface area contributed by atoms with Crippen molar-refractivity contribution in [2.75, 3.05) is 6.61 Å². The third kappa shape index (κ3) is 4.23. The first-order chi connectivity index (χ1) is 15.6. The Morgan fingerprint density at radius 1 is 0.906 bits per heavy atom. The molecule has 0 saturated carbocycles. The second kappa shape index (κ2) is 9.43. The van der Waals surface area contributed by atoms with Gasteiger partial charge in [-0.05, 0) is 32.0 Å². The lowest BCUT2D eigenvalue weighted by molar-refractivity contribution is 0.0524. The minimum atomic E-state index is -0.607. The maximum absolute atomic E-state index is 13.1. The molecule has 0 unspecified atom stereocenters. The molecule has 5 nitrogen and oxygen atoms in total. The van der Waals surface area contributed by atoms with Crippen LogP contribution in [-0.4, -0.2) is 22.9 Å². The average molecular weight is 425 g/mol. The molecule has 0 radical (unpaired) electrons. The summed E-state index contributed by atoms with van der Waals surface area (Å²) in [4.78, 5) is 30.4. The molecule has 0 aliphatic rings.